The van der Waals surface area contributed by atoms with E-state index < -0.39 is 54.5 Å². The van der Waals surface area contributed by atoms with E-state index in [9.17, 15) is 44.4 Å². The van der Waals surface area contributed by atoms with Crippen LogP contribution in [0.2, 0.25) is 0 Å². The van der Waals surface area contributed by atoms with Gasteiger partial charge in [-0.1, -0.05) is 0 Å². The van der Waals surface area contributed by atoms with Gasteiger partial charge in [-0.15, -0.1) is 5.06 Å². The van der Waals surface area contributed by atoms with E-state index in [-0.39, 0.29) is 58.4 Å². The standard InChI is InChI=1S/C21H34N6O10/c28-13(2-1-9-26-17(32)3-4-18(26)33)23-11-15(30)25-12-16(31)24-10-14(29)22-8-7-21(36)37-27-19(34)5-6-20(27)35/h3-4,13-16,22-25,28-31H,1-2,5-12H2. The fourth-order valence-electron chi connectivity index (χ4n) is 3.30. The predicted molar refractivity (Wildman–Crippen MR) is 123 cm³/mol. The van der Waals surface area contributed by atoms with Crippen LogP contribution >= 0.6 is 0 Å². The second kappa shape index (κ2) is 15.4. The highest BCUT2D eigenvalue weighted by molar-refractivity contribution is 6.12. The maximum absolute atomic E-state index is 11.7. The van der Waals surface area contributed by atoms with Crippen molar-refractivity contribution in [3.8, 4) is 0 Å². The van der Waals surface area contributed by atoms with Crippen molar-refractivity contribution in [2.75, 3.05) is 32.7 Å². The molecule has 0 saturated carbocycles. The van der Waals surface area contributed by atoms with Crippen LogP contribution in [0.3, 0.4) is 0 Å². The number of hydrogen-bond acceptors (Lipinski definition) is 14. The van der Waals surface area contributed by atoms with Gasteiger partial charge >= 0.3 is 5.97 Å². The zero-order valence-electron chi connectivity index (χ0n) is 20.2. The molecule has 0 radical (unpaired) electrons. The lowest BCUT2D eigenvalue weighted by atomic mass is 10.2. The Bertz CT molecular complexity index is 822. The van der Waals surface area contributed by atoms with Gasteiger partial charge in [0.2, 0.25) is 0 Å². The number of nitrogens with one attached hydrogen (secondary N) is 4. The van der Waals surface area contributed by atoms with E-state index in [1.54, 1.807) is 0 Å². The van der Waals surface area contributed by atoms with Crippen LogP contribution in [0.5, 0.6) is 0 Å². The first-order chi connectivity index (χ1) is 17.6. The van der Waals surface area contributed by atoms with Gasteiger partial charge in [0, 0.05) is 57.7 Å². The third-order valence-electron chi connectivity index (χ3n) is 5.31. The summed E-state index contributed by atoms with van der Waals surface area (Å²) in [5.74, 6) is -2.77. The third kappa shape index (κ3) is 11.0. The van der Waals surface area contributed by atoms with Crippen molar-refractivity contribution in [1.29, 1.82) is 0 Å². The van der Waals surface area contributed by atoms with Crippen LogP contribution in [0.25, 0.3) is 0 Å². The quantitative estimate of drug-likeness (QED) is 0.0615. The summed E-state index contributed by atoms with van der Waals surface area (Å²) < 4.78 is 0. The molecule has 0 aromatic carbocycles. The van der Waals surface area contributed by atoms with Crippen molar-refractivity contribution in [3.05, 3.63) is 12.2 Å². The Labute approximate surface area is 212 Å². The summed E-state index contributed by atoms with van der Waals surface area (Å²) in [6, 6.07) is 0. The summed E-state index contributed by atoms with van der Waals surface area (Å²) in [5, 5.41) is 50.5. The van der Waals surface area contributed by atoms with E-state index in [1.165, 1.54) is 12.2 Å². The maximum Gasteiger partial charge on any atom is 0.334 e. The van der Waals surface area contributed by atoms with Gasteiger partial charge in [-0.3, -0.25) is 45.3 Å². The number of amides is 4. The third-order valence-corrected chi connectivity index (χ3v) is 5.31. The first kappa shape index (κ1) is 30.4. The number of aliphatic hydroxyl groups is 4. The Morgan fingerprint density at radius 3 is 1.84 bits per heavy atom. The number of imide groups is 2. The van der Waals surface area contributed by atoms with Crippen LogP contribution in [0.4, 0.5) is 0 Å². The van der Waals surface area contributed by atoms with Crippen molar-refractivity contribution in [3.63, 3.8) is 0 Å². The number of nitrogens with zero attached hydrogens (tertiary/aromatic N) is 2. The van der Waals surface area contributed by atoms with Gasteiger partial charge in [-0.05, 0) is 12.8 Å². The van der Waals surface area contributed by atoms with Crippen molar-refractivity contribution < 1.29 is 49.2 Å². The van der Waals surface area contributed by atoms with Crippen LogP contribution in [0.1, 0.15) is 32.1 Å². The lowest BCUT2D eigenvalue weighted by molar-refractivity contribution is -0.197. The molecular weight excluding hydrogens is 496 g/mol. The first-order valence-corrected chi connectivity index (χ1v) is 11.8. The van der Waals surface area contributed by atoms with Gasteiger partial charge in [-0.2, -0.15) is 0 Å². The van der Waals surface area contributed by atoms with Gasteiger partial charge in [0.25, 0.3) is 23.6 Å². The summed E-state index contributed by atoms with van der Waals surface area (Å²) in [4.78, 5) is 63.1. The summed E-state index contributed by atoms with van der Waals surface area (Å²) >= 11 is 0. The molecule has 4 atom stereocenters. The fraction of sp³-hybridized carbons (Fsp3) is 0.667. The van der Waals surface area contributed by atoms with Crippen LogP contribution in [0, 0.1) is 0 Å². The summed E-state index contributed by atoms with van der Waals surface area (Å²) in [6.07, 6.45) is -1.61. The number of carbonyl (C=O) groups excluding carboxylic acids is 5. The molecule has 2 heterocycles. The second-order valence-corrected chi connectivity index (χ2v) is 8.34. The molecule has 4 unspecified atom stereocenters. The molecule has 0 aromatic heterocycles. The molecule has 8 N–H and O–H groups in total. The van der Waals surface area contributed by atoms with Crippen LogP contribution < -0.4 is 21.3 Å². The lowest BCUT2D eigenvalue weighted by Gasteiger charge is -2.21. The topological polar surface area (TPSA) is 230 Å². The van der Waals surface area contributed by atoms with E-state index in [0.717, 1.165) is 4.90 Å². The minimum Gasteiger partial charge on any atom is -0.379 e. The molecule has 16 heteroatoms. The molecule has 2 aliphatic heterocycles. The Morgan fingerprint density at radius 1 is 0.811 bits per heavy atom. The van der Waals surface area contributed by atoms with Crippen molar-refractivity contribution in [2.45, 2.75) is 57.0 Å². The molecule has 0 aromatic rings. The maximum atomic E-state index is 11.7. The molecule has 37 heavy (non-hydrogen) atoms. The first-order valence-electron chi connectivity index (χ1n) is 11.8. The van der Waals surface area contributed by atoms with Crippen LogP contribution in [-0.2, 0) is 28.8 Å². The zero-order chi connectivity index (χ0) is 27.4. The van der Waals surface area contributed by atoms with E-state index in [4.69, 9.17) is 0 Å². The van der Waals surface area contributed by atoms with Crippen molar-refractivity contribution in [1.82, 2.24) is 31.2 Å². The van der Waals surface area contributed by atoms with E-state index in [2.05, 4.69) is 26.1 Å². The second-order valence-electron chi connectivity index (χ2n) is 8.34. The molecule has 2 rings (SSSR count). The van der Waals surface area contributed by atoms with E-state index in [1.807, 2.05) is 0 Å². The highest BCUT2D eigenvalue weighted by Crippen LogP contribution is 2.12. The normalized spacial score (nSPS) is 19.0. The number of aliphatic hydroxyl groups excluding tert-OH is 4. The van der Waals surface area contributed by atoms with Gasteiger partial charge in [0.15, 0.2) is 0 Å². The largest absolute Gasteiger partial charge is 0.379 e. The molecule has 208 valence electrons. The smallest absolute Gasteiger partial charge is 0.334 e. The number of rotatable bonds is 18. The highest BCUT2D eigenvalue weighted by Gasteiger charge is 2.32. The minimum absolute atomic E-state index is 0.00720. The monoisotopic (exact) mass is 530 g/mol. The predicted octanol–water partition coefficient (Wildman–Crippen LogP) is -4.68. The Balaban J connectivity index is 1.47. The van der Waals surface area contributed by atoms with E-state index >= 15 is 0 Å². The molecule has 0 aliphatic carbocycles. The Kier molecular flexibility index (Phi) is 12.7. The summed E-state index contributed by atoms with van der Waals surface area (Å²) in [5.41, 5.74) is 0. The average molecular weight is 531 g/mol. The fourth-order valence-corrected chi connectivity index (χ4v) is 3.30. The molecule has 1 fully saturated rings. The van der Waals surface area contributed by atoms with Crippen LogP contribution in [-0.4, -0.2) is 118 Å². The molecule has 1 saturated heterocycles. The summed E-state index contributed by atoms with van der Waals surface area (Å²) in [7, 11) is 0. The van der Waals surface area contributed by atoms with Gasteiger partial charge < -0.3 is 25.3 Å². The molecule has 2 aliphatic rings. The molecule has 0 spiro atoms. The molecule has 0 bridgehead atoms. The highest BCUT2D eigenvalue weighted by atomic mass is 16.7. The molecule has 4 amide bonds. The number of hydroxylamine groups is 2. The SMILES string of the molecule is O=C(CCNC(O)CNC(O)CNC(O)CNC(O)CCCN1C(=O)C=CC1=O)ON1C(=O)CCC1=O. The Morgan fingerprint density at radius 2 is 1.30 bits per heavy atom. The Hall–Kier alpha value is -2.83. The average Bonchev–Trinajstić information content (AvgIpc) is 3.35. The van der Waals surface area contributed by atoms with Crippen molar-refractivity contribution in [2.24, 2.45) is 0 Å². The minimum atomic E-state index is -1.14. The van der Waals surface area contributed by atoms with Gasteiger partial charge in [0.1, 0.15) is 24.9 Å². The number of carbonyl (C=O) groups is 5. The van der Waals surface area contributed by atoms with Crippen LogP contribution in [0.15, 0.2) is 12.2 Å². The van der Waals surface area contributed by atoms with Gasteiger partial charge in [-0.25, -0.2) is 4.79 Å². The van der Waals surface area contributed by atoms with E-state index in [0.29, 0.717) is 11.5 Å². The number of hydrogen-bond donors (Lipinski definition) is 8. The summed E-state index contributed by atoms with van der Waals surface area (Å²) in [6.45, 7) is -0.0897. The lowest BCUT2D eigenvalue weighted by Crippen LogP contribution is -2.50. The van der Waals surface area contributed by atoms with Gasteiger partial charge in [0.05, 0.1) is 6.42 Å². The zero-order valence-corrected chi connectivity index (χ0v) is 20.2. The van der Waals surface area contributed by atoms with Crippen molar-refractivity contribution >= 4 is 29.6 Å². The molecule has 16 nitrogen and oxygen atoms in total. The molecular formula is C21H34N6O10.